The summed E-state index contributed by atoms with van der Waals surface area (Å²) in [5.41, 5.74) is 0. The van der Waals surface area contributed by atoms with Crippen LogP contribution in [0.25, 0.3) is 0 Å². The summed E-state index contributed by atoms with van der Waals surface area (Å²) in [4.78, 5) is 16.8. The van der Waals surface area contributed by atoms with Crippen molar-refractivity contribution in [1.29, 1.82) is 0 Å². The van der Waals surface area contributed by atoms with Gasteiger partial charge in [-0.1, -0.05) is 0 Å². The van der Waals surface area contributed by atoms with Gasteiger partial charge in [0.15, 0.2) is 0 Å². The Morgan fingerprint density at radius 2 is 2.27 bits per heavy atom. The van der Waals surface area contributed by atoms with E-state index in [1.807, 2.05) is 24.0 Å². The maximum atomic E-state index is 12.6. The highest BCUT2D eigenvalue weighted by Gasteiger charge is 2.28. The predicted molar refractivity (Wildman–Crippen MR) is 84.6 cm³/mol. The first-order valence-corrected chi connectivity index (χ1v) is 7.87. The van der Waals surface area contributed by atoms with Crippen LogP contribution in [0, 0.1) is 0 Å². The lowest BCUT2D eigenvalue weighted by molar-refractivity contribution is 0.114. The molecule has 124 valence electrons. The molecule has 1 aromatic rings. The van der Waals surface area contributed by atoms with E-state index in [1.165, 1.54) is 0 Å². The zero-order valence-electron chi connectivity index (χ0n) is 13.7. The summed E-state index contributed by atoms with van der Waals surface area (Å²) in [5.74, 6) is 0.813. The molecule has 0 unspecified atom stereocenters. The molecule has 1 fully saturated rings. The lowest BCUT2D eigenvalue weighted by atomic mass is 10.0. The zero-order chi connectivity index (χ0) is 15.9. The third kappa shape index (κ3) is 4.74. The monoisotopic (exact) mass is 309 g/mol. The average Bonchev–Trinajstić information content (AvgIpc) is 2.99. The first kappa shape index (κ1) is 16.8. The van der Waals surface area contributed by atoms with E-state index in [2.05, 4.69) is 17.3 Å². The Kier molecular flexibility index (Phi) is 6.27. The number of carbonyl (C=O) groups is 1. The van der Waals surface area contributed by atoms with Gasteiger partial charge in [-0.15, -0.1) is 0 Å². The minimum Gasteiger partial charge on any atom is -0.467 e. The quantitative estimate of drug-likeness (QED) is 0.872. The highest BCUT2D eigenvalue weighted by molar-refractivity contribution is 5.74. The molecule has 0 aromatic carbocycles. The first-order valence-electron chi connectivity index (χ1n) is 7.87. The number of methoxy groups -OCH3 is 1. The molecule has 2 rings (SSSR count). The molecular formula is C16H27N3O3. The summed E-state index contributed by atoms with van der Waals surface area (Å²) >= 11 is 0. The lowest BCUT2D eigenvalue weighted by Gasteiger charge is -2.37. The smallest absolute Gasteiger partial charge is 0.318 e. The molecule has 6 nitrogen and oxygen atoms in total. The molecule has 1 atom stereocenters. The number of piperidine rings is 1. The van der Waals surface area contributed by atoms with Gasteiger partial charge in [0, 0.05) is 13.2 Å². The fourth-order valence-electron chi connectivity index (χ4n) is 2.83. The van der Waals surface area contributed by atoms with Crippen molar-refractivity contribution in [3.63, 3.8) is 0 Å². The van der Waals surface area contributed by atoms with Crippen LogP contribution in [0.2, 0.25) is 0 Å². The van der Waals surface area contributed by atoms with Gasteiger partial charge >= 0.3 is 6.03 Å². The van der Waals surface area contributed by atoms with Crippen molar-refractivity contribution in [1.82, 2.24) is 15.1 Å². The molecule has 1 aliphatic heterocycles. The average molecular weight is 309 g/mol. The number of nitrogens with one attached hydrogen (secondary N) is 1. The van der Waals surface area contributed by atoms with Gasteiger partial charge < -0.3 is 24.3 Å². The van der Waals surface area contributed by atoms with Crippen LogP contribution in [-0.2, 0) is 11.3 Å². The number of furan rings is 1. The molecule has 1 aromatic heterocycles. The van der Waals surface area contributed by atoms with Crippen LogP contribution in [0.5, 0.6) is 0 Å². The summed E-state index contributed by atoms with van der Waals surface area (Å²) in [6.07, 6.45) is 3.63. The third-order valence-corrected chi connectivity index (χ3v) is 4.08. The Morgan fingerprint density at radius 1 is 1.55 bits per heavy atom. The van der Waals surface area contributed by atoms with E-state index in [-0.39, 0.29) is 18.1 Å². The summed E-state index contributed by atoms with van der Waals surface area (Å²) in [5, 5.41) is 3.01. The van der Waals surface area contributed by atoms with Gasteiger partial charge in [-0.2, -0.15) is 0 Å². The van der Waals surface area contributed by atoms with Crippen LogP contribution < -0.4 is 5.32 Å². The number of urea groups is 1. The van der Waals surface area contributed by atoms with Crippen molar-refractivity contribution >= 4 is 6.03 Å². The van der Waals surface area contributed by atoms with Gasteiger partial charge in [0.1, 0.15) is 5.76 Å². The number of hydrogen-bond acceptors (Lipinski definition) is 4. The van der Waals surface area contributed by atoms with Gasteiger partial charge in [-0.05, 0) is 52.0 Å². The van der Waals surface area contributed by atoms with Crippen LogP contribution in [0.1, 0.15) is 25.5 Å². The number of likely N-dealkylation sites (tertiary alicyclic amines) is 1. The first-order chi connectivity index (χ1) is 10.6. The molecular weight excluding hydrogens is 282 g/mol. The second kappa shape index (κ2) is 8.19. The molecule has 2 heterocycles. The molecule has 22 heavy (non-hydrogen) atoms. The standard InChI is InChI=1S/C16H27N3O3/c1-13(12-21-3)17-16(20)19(11-15-5-4-10-22-15)14-6-8-18(2)9-7-14/h4-5,10,13-14H,6-9,11-12H2,1-3H3,(H,17,20)/t13-/m1/s1. The fourth-order valence-corrected chi connectivity index (χ4v) is 2.83. The van der Waals surface area contributed by atoms with Gasteiger partial charge in [0.2, 0.25) is 0 Å². The molecule has 0 spiro atoms. The highest BCUT2D eigenvalue weighted by Crippen LogP contribution is 2.19. The van der Waals surface area contributed by atoms with Crippen LogP contribution in [0.3, 0.4) is 0 Å². The summed E-state index contributed by atoms with van der Waals surface area (Å²) in [7, 11) is 3.76. The van der Waals surface area contributed by atoms with Crippen molar-refractivity contribution in [3.8, 4) is 0 Å². The number of carbonyl (C=O) groups excluding carboxylic acids is 1. The highest BCUT2D eigenvalue weighted by atomic mass is 16.5. The molecule has 1 N–H and O–H groups in total. The number of hydrogen-bond donors (Lipinski definition) is 1. The van der Waals surface area contributed by atoms with Gasteiger partial charge in [0.25, 0.3) is 0 Å². The van der Waals surface area contributed by atoms with Crippen molar-refractivity contribution in [2.75, 3.05) is 33.9 Å². The summed E-state index contributed by atoms with van der Waals surface area (Å²) in [6.45, 7) is 4.99. The Hall–Kier alpha value is -1.53. The molecule has 0 aliphatic carbocycles. The normalized spacial score (nSPS) is 18.1. The van der Waals surface area contributed by atoms with Crippen LogP contribution in [0.15, 0.2) is 22.8 Å². The van der Waals surface area contributed by atoms with Gasteiger partial charge in [0.05, 0.1) is 25.5 Å². The molecule has 0 bridgehead atoms. The lowest BCUT2D eigenvalue weighted by Crippen LogP contribution is -2.52. The van der Waals surface area contributed by atoms with E-state index in [4.69, 9.17) is 9.15 Å². The molecule has 1 aliphatic rings. The third-order valence-electron chi connectivity index (χ3n) is 4.08. The van der Waals surface area contributed by atoms with Crippen molar-refractivity contribution in [3.05, 3.63) is 24.2 Å². The van der Waals surface area contributed by atoms with Crippen LogP contribution in [-0.4, -0.2) is 61.8 Å². The summed E-state index contributed by atoms with van der Waals surface area (Å²) in [6, 6.07) is 3.95. The van der Waals surface area contributed by atoms with Gasteiger partial charge in [-0.3, -0.25) is 0 Å². The topological polar surface area (TPSA) is 58.0 Å². The maximum Gasteiger partial charge on any atom is 0.318 e. The van der Waals surface area contributed by atoms with E-state index in [9.17, 15) is 4.79 Å². The number of nitrogens with zero attached hydrogens (tertiary/aromatic N) is 2. The Labute approximate surface area is 132 Å². The van der Waals surface area contributed by atoms with E-state index in [1.54, 1.807) is 13.4 Å². The molecule has 0 radical (unpaired) electrons. The predicted octanol–water partition coefficient (Wildman–Crippen LogP) is 1.92. The Bertz CT molecular complexity index is 441. The second-order valence-electron chi connectivity index (χ2n) is 6.05. The number of rotatable bonds is 6. The summed E-state index contributed by atoms with van der Waals surface area (Å²) < 4.78 is 10.5. The SMILES string of the molecule is COC[C@@H](C)NC(=O)N(Cc1ccco1)C1CCN(C)CC1. The van der Waals surface area contributed by atoms with E-state index < -0.39 is 0 Å². The van der Waals surface area contributed by atoms with Crippen LogP contribution in [0.4, 0.5) is 4.79 Å². The van der Waals surface area contributed by atoms with E-state index >= 15 is 0 Å². The van der Waals surface area contributed by atoms with Gasteiger partial charge in [-0.25, -0.2) is 4.79 Å². The molecule has 6 heteroatoms. The zero-order valence-corrected chi connectivity index (χ0v) is 13.7. The minimum atomic E-state index is -0.0458. The molecule has 0 saturated carbocycles. The Morgan fingerprint density at radius 3 is 2.86 bits per heavy atom. The maximum absolute atomic E-state index is 12.6. The van der Waals surface area contributed by atoms with Crippen LogP contribution >= 0.6 is 0 Å². The van der Waals surface area contributed by atoms with E-state index in [0.717, 1.165) is 31.7 Å². The van der Waals surface area contributed by atoms with Crippen molar-refractivity contribution in [2.45, 2.75) is 38.4 Å². The van der Waals surface area contributed by atoms with E-state index in [0.29, 0.717) is 13.2 Å². The largest absolute Gasteiger partial charge is 0.467 e. The van der Waals surface area contributed by atoms with Crippen molar-refractivity contribution < 1.29 is 13.9 Å². The molecule has 2 amide bonds. The second-order valence-corrected chi connectivity index (χ2v) is 6.05. The molecule has 1 saturated heterocycles. The number of ether oxygens (including phenoxy) is 1. The van der Waals surface area contributed by atoms with Crippen molar-refractivity contribution in [2.24, 2.45) is 0 Å². The Balaban J connectivity index is 2.02. The fraction of sp³-hybridized carbons (Fsp3) is 0.688. The number of amides is 2. The minimum absolute atomic E-state index is 0.0112.